The highest BCUT2D eigenvalue weighted by Crippen LogP contribution is 2.24. The molecule has 1 aromatic carbocycles. The lowest BCUT2D eigenvalue weighted by atomic mass is 10.1. The van der Waals surface area contributed by atoms with E-state index in [2.05, 4.69) is 20.4 Å². The van der Waals surface area contributed by atoms with E-state index in [-0.39, 0.29) is 23.0 Å². The third-order valence-electron chi connectivity index (χ3n) is 3.79. The highest BCUT2D eigenvalue weighted by atomic mass is 16.4. The summed E-state index contributed by atoms with van der Waals surface area (Å²) in [5.41, 5.74) is 8.62. The van der Waals surface area contributed by atoms with Crippen molar-refractivity contribution in [2.24, 2.45) is 0 Å². The summed E-state index contributed by atoms with van der Waals surface area (Å²) in [6.07, 6.45) is 1.11. The lowest BCUT2D eigenvalue weighted by Crippen LogP contribution is -2.11. The first-order valence-corrected chi connectivity index (χ1v) is 7.60. The molecule has 0 aliphatic heterocycles. The number of aromatic carboxylic acids is 1. The second-order valence-corrected chi connectivity index (χ2v) is 5.60. The van der Waals surface area contributed by atoms with Gasteiger partial charge in [0.1, 0.15) is 29.0 Å². The first-order chi connectivity index (χ1) is 12.4. The van der Waals surface area contributed by atoms with Crippen LogP contribution in [0.4, 0.5) is 17.3 Å². The number of carbonyl (C=O) groups is 1. The first kappa shape index (κ1) is 16.9. The van der Waals surface area contributed by atoms with Gasteiger partial charge in [-0.05, 0) is 25.0 Å². The number of aromatic nitrogens is 4. The Hall–Kier alpha value is -3.93. The molecule has 0 aliphatic rings. The van der Waals surface area contributed by atoms with Gasteiger partial charge in [0.2, 0.25) is 0 Å². The number of nitrogens with zero attached hydrogens (tertiary/aromatic N) is 5. The van der Waals surface area contributed by atoms with Gasteiger partial charge in [0, 0.05) is 11.8 Å². The molecule has 9 nitrogen and oxygen atoms in total. The molecule has 26 heavy (non-hydrogen) atoms. The van der Waals surface area contributed by atoms with Gasteiger partial charge in [-0.2, -0.15) is 25.0 Å². The normalized spacial score (nSPS) is 10.3. The molecule has 2 aromatic heterocycles. The summed E-state index contributed by atoms with van der Waals surface area (Å²) >= 11 is 0. The second-order valence-electron chi connectivity index (χ2n) is 5.60. The van der Waals surface area contributed by atoms with Gasteiger partial charge < -0.3 is 16.2 Å². The number of nitrogens with two attached hydrogens (primary N) is 1. The fourth-order valence-corrected chi connectivity index (χ4v) is 2.47. The summed E-state index contributed by atoms with van der Waals surface area (Å²) in [7, 11) is 0. The molecule has 0 saturated heterocycles. The van der Waals surface area contributed by atoms with Crippen molar-refractivity contribution in [1.82, 2.24) is 19.7 Å². The molecule has 0 bridgehead atoms. The molecular formula is C17H15N7O2. The fraction of sp³-hybridized carbons (Fsp3) is 0.118. The Morgan fingerprint density at radius 2 is 2.00 bits per heavy atom. The Morgan fingerprint density at radius 1 is 1.31 bits per heavy atom. The van der Waals surface area contributed by atoms with Crippen LogP contribution < -0.4 is 11.1 Å². The molecule has 4 N–H and O–H groups in total. The quantitative estimate of drug-likeness (QED) is 0.650. The first-order valence-electron chi connectivity index (χ1n) is 7.60. The second kappa shape index (κ2) is 6.52. The summed E-state index contributed by atoms with van der Waals surface area (Å²) in [6.45, 7) is 3.90. The van der Waals surface area contributed by atoms with Gasteiger partial charge in [-0.1, -0.05) is 18.2 Å². The summed E-state index contributed by atoms with van der Waals surface area (Å²) in [4.78, 5) is 19.5. The van der Waals surface area contributed by atoms with E-state index in [0.29, 0.717) is 5.82 Å². The van der Waals surface area contributed by atoms with Crippen molar-refractivity contribution in [3.63, 3.8) is 0 Å². The predicted octanol–water partition coefficient (Wildman–Crippen LogP) is 2.17. The molecule has 9 heteroatoms. The minimum atomic E-state index is -1.21. The third-order valence-corrected chi connectivity index (χ3v) is 3.79. The number of nitrogens with one attached hydrogen (secondary N) is 1. The number of nitriles is 1. The summed E-state index contributed by atoms with van der Waals surface area (Å²) in [5.74, 6) is -0.955. The molecule has 0 atom stereocenters. The highest BCUT2D eigenvalue weighted by molar-refractivity contribution is 5.92. The van der Waals surface area contributed by atoms with E-state index < -0.39 is 5.97 Å². The van der Waals surface area contributed by atoms with Gasteiger partial charge in [0.25, 0.3) is 5.95 Å². The summed E-state index contributed by atoms with van der Waals surface area (Å²) in [6, 6.07) is 9.29. The molecule has 0 amide bonds. The van der Waals surface area contributed by atoms with E-state index >= 15 is 0 Å². The topological polar surface area (TPSA) is 143 Å². The molecule has 2 heterocycles. The molecule has 0 saturated carbocycles. The molecule has 0 radical (unpaired) electrons. The van der Waals surface area contributed by atoms with Gasteiger partial charge in [-0.25, -0.2) is 4.79 Å². The van der Waals surface area contributed by atoms with Crippen LogP contribution in [-0.4, -0.2) is 30.8 Å². The van der Waals surface area contributed by atoms with E-state index in [1.807, 2.05) is 38.1 Å². The molecule has 3 rings (SSSR count). The fourth-order valence-electron chi connectivity index (χ4n) is 2.47. The van der Waals surface area contributed by atoms with Crippen molar-refractivity contribution >= 4 is 23.3 Å². The molecule has 3 aromatic rings. The Morgan fingerprint density at radius 3 is 2.58 bits per heavy atom. The number of hydrogen-bond donors (Lipinski definition) is 3. The molecule has 130 valence electrons. The van der Waals surface area contributed by atoms with Crippen LogP contribution in [0.15, 0.2) is 30.5 Å². The van der Waals surface area contributed by atoms with Crippen LogP contribution in [0.25, 0.3) is 5.95 Å². The third kappa shape index (κ3) is 3.03. The molecule has 0 unspecified atom stereocenters. The van der Waals surface area contributed by atoms with Crippen molar-refractivity contribution < 1.29 is 9.90 Å². The van der Waals surface area contributed by atoms with Crippen molar-refractivity contribution in [2.75, 3.05) is 11.1 Å². The minimum Gasteiger partial charge on any atom is -0.477 e. The van der Waals surface area contributed by atoms with E-state index in [0.717, 1.165) is 27.7 Å². The lowest BCUT2D eigenvalue weighted by Gasteiger charge is -2.13. The molecular weight excluding hydrogens is 334 g/mol. The monoisotopic (exact) mass is 349 g/mol. The van der Waals surface area contributed by atoms with Gasteiger partial charge in [-0.3, -0.25) is 0 Å². The van der Waals surface area contributed by atoms with Crippen LogP contribution in [0, 0.1) is 25.2 Å². The molecule has 0 aliphatic carbocycles. The largest absolute Gasteiger partial charge is 0.477 e. The lowest BCUT2D eigenvalue weighted by molar-refractivity contribution is 0.0698. The maximum Gasteiger partial charge on any atom is 0.341 e. The number of nitrogen functional groups attached to an aromatic ring is 1. The van der Waals surface area contributed by atoms with Gasteiger partial charge in [0.15, 0.2) is 0 Å². The average Bonchev–Trinajstić information content (AvgIpc) is 3.00. The Labute approximate surface area is 148 Å². The van der Waals surface area contributed by atoms with E-state index in [1.54, 1.807) is 0 Å². The number of benzene rings is 1. The maximum atomic E-state index is 11.1. The number of carboxylic acids is 1. The highest BCUT2D eigenvalue weighted by Gasteiger charge is 2.18. The number of aryl methyl sites for hydroxylation is 2. The summed E-state index contributed by atoms with van der Waals surface area (Å²) in [5, 5.41) is 25.4. The zero-order chi connectivity index (χ0) is 18.8. The molecule has 0 fully saturated rings. The number of carboxylic acid groups (broad SMARTS) is 1. The standard InChI is InChI=1S/C17H15N7O2/c1-9-4-3-5-10(2)14(9)22-13-6-11(7-18)21-17(23-13)24-15(19)12(8-20-24)16(25)26/h3-6,8H,19H2,1-2H3,(H,25,26)(H,21,22,23). The van der Waals surface area contributed by atoms with Crippen LogP contribution in [0.1, 0.15) is 27.2 Å². The minimum absolute atomic E-state index is 0.00258. The Balaban J connectivity index is 2.08. The SMILES string of the molecule is Cc1cccc(C)c1Nc1cc(C#N)nc(-n2ncc(C(=O)O)c2N)n1. The van der Waals surface area contributed by atoms with Crippen LogP contribution in [0.5, 0.6) is 0 Å². The van der Waals surface area contributed by atoms with Gasteiger partial charge in [0.05, 0.1) is 6.20 Å². The summed E-state index contributed by atoms with van der Waals surface area (Å²) < 4.78 is 1.08. The zero-order valence-corrected chi connectivity index (χ0v) is 14.1. The van der Waals surface area contributed by atoms with E-state index in [9.17, 15) is 10.1 Å². The van der Waals surface area contributed by atoms with Crippen LogP contribution in [0.2, 0.25) is 0 Å². The smallest absolute Gasteiger partial charge is 0.341 e. The van der Waals surface area contributed by atoms with Crippen molar-refractivity contribution in [3.05, 3.63) is 52.8 Å². The van der Waals surface area contributed by atoms with Crippen molar-refractivity contribution in [2.45, 2.75) is 13.8 Å². The predicted molar refractivity (Wildman–Crippen MR) is 94.4 cm³/mol. The number of hydrogen-bond acceptors (Lipinski definition) is 7. The number of para-hydroxylation sites is 1. The van der Waals surface area contributed by atoms with Gasteiger partial charge >= 0.3 is 5.97 Å². The number of anilines is 3. The van der Waals surface area contributed by atoms with E-state index in [1.165, 1.54) is 6.07 Å². The molecule has 0 spiro atoms. The van der Waals surface area contributed by atoms with E-state index in [4.69, 9.17) is 10.8 Å². The zero-order valence-electron chi connectivity index (χ0n) is 14.1. The van der Waals surface area contributed by atoms with Gasteiger partial charge in [-0.15, -0.1) is 0 Å². The Kier molecular flexibility index (Phi) is 4.24. The van der Waals surface area contributed by atoms with Crippen LogP contribution in [-0.2, 0) is 0 Å². The van der Waals surface area contributed by atoms with Crippen LogP contribution >= 0.6 is 0 Å². The van der Waals surface area contributed by atoms with Crippen LogP contribution in [0.3, 0.4) is 0 Å². The van der Waals surface area contributed by atoms with Crippen molar-refractivity contribution in [1.29, 1.82) is 5.26 Å². The maximum absolute atomic E-state index is 11.1. The van der Waals surface area contributed by atoms with Crippen molar-refractivity contribution in [3.8, 4) is 12.0 Å². The number of rotatable bonds is 4. The Bertz CT molecular complexity index is 1030. The average molecular weight is 349 g/mol.